The van der Waals surface area contributed by atoms with Crippen molar-refractivity contribution in [2.24, 2.45) is 17.8 Å². The third-order valence-electron chi connectivity index (χ3n) is 20.4. The van der Waals surface area contributed by atoms with Gasteiger partial charge >= 0.3 is 39.5 Å². The fourth-order valence-electron chi connectivity index (χ4n) is 13.5. The number of phosphoric acid groups is 2. The van der Waals surface area contributed by atoms with Crippen LogP contribution in [0.4, 0.5) is 0 Å². The molecule has 106 heavy (non-hydrogen) atoms. The highest BCUT2D eigenvalue weighted by atomic mass is 31.2. The van der Waals surface area contributed by atoms with Crippen LogP contribution in [0.3, 0.4) is 0 Å². The molecule has 0 heterocycles. The number of hydrogen-bond donors (Lipinski definition) is 3. The number of hydrogen-bond acceptors (Lipinski definition) is 15. The average Bonchev–Trinajstić information content (AvgIpc) is 0.909. The van der Waals surface area contributed by atoms with Gasteiger partial charge in [0.2, 0.25) is 0 Å². The standard InChI is InChI=1S/C87H170O17P2/c1-8-9-10-11-12-47-54-61-68-84(89)97-74-82(103-86(91)71-64-57-50-43-37-31-25-28-34-40-46-53-60-67-80(6)7)76-101-105(93,94)99-72-81(88)73-100-106(95,96)102-77-83(104-87(92)70-63-56-49-42-36-30-24-20-16-14-18-22-27-33-39-45-52-59-66-79(4)5)75-98-85(90)69-62-55-48-41-35-29-23-19-15-13-17-21-26-32-38-44-51-58-65-78(2)3/h78-83,88H,8-77H2,1-7H3,(H,93,94)(H,95,96)/t81-,82+,83+/m0/s1. The van der Waals surface area contributed by atoms with Crippen molar-refractivity contribution in [2.45, 2.75) is 478 Å². The smallest absolute Gasteiger partial charge is 0.462 e. The molecule has 2 unspecified atom stereocenters. The predicted molar refractivity (Wildman–Crippen MR) is 437 cm³/mol. The summed E-state index contributed by atoms with van der Waals surface area (Å²) in [5.74, 6) is 0.324. The molecule has 630 valence electrons. The van der Waals surface area contributed by atoms with Gasteiger partial charge in [0.15, 0.2) is 12.2 Å². The minimum atomic E-state index is -4.97. The Kier molecular flexibility index (Phi) is 75.6. The number of rotatable bonds is 85. The first kappa shape index (κ1) is 104. The quantitative estimate of drug-likeness (QED) is 0.0222. The van der Waals surface area contributed by atoms with Crippen molar-refractivity contribution in [3.63, 3.8) is 0 Å². The van der Waals surface area contributed by atoms with E-state index in [4.69, 9.17) is 37.0 Å². The van der Waals surface area contributed by atoms with Gasteiger partial charge in [-0.1, -0.05) is 408 Å². The molecule has 0 aromatic carbocycles. The van der Waals surface area contributed by atoms with Gasteiger partial charge in [-0.05, 0) is 43.4 Å². The third-order valence-corrected chi connectivity index (χ3v) is 22.3. The Morgan fingerprint density at radius 3 is 0.642 bits per heavy atom. The van der Waals surface area contributed by atoms with E-state index in [9.17, 15) is 43.2 Å². The molecule has 0 saturated heterocycles. The maximum atomic E-state index is 13.1. The molecule has 3 N–H and O–H groups in total. The van der Waals surface area contributed by atoms with E-state index in [0.29, 0.717) is 25.7 Å². The lowest BCUT2D eigenvalue weighted by Crippen LogP contribution is -2.30. The summed E-state index contributed by atoms with van der Waals surface area (Å²) < 4.78 is 68.8. The molecule has 0 aliphatic carbocycles. The lowest BCUT2D eigenvalue weighted by molar-refractivity contribution is -0.161. The Bertz CT molecular complexity index is 2040. The van der Waals surface area contributed by atoms with Crippen LogP contribution in [0.2, 0.25) is 0 Å². The summed E-state index contributed by atoms with van der Waals surface area (Å²) in [5, 5.41) is 10.7. The molecule has 0 aliphatic heterocycles. The van der Waals surface area contributed by atoms with Gasteiger partial charge < -0.3 is 33.8 Å². The zero-order valence-electron chi connectivity index (χ0n) is 69.9. The molecule has 0 fully saturated rings. The van der Waals surface area contributed by atoms with Crippen LogP contribution in [0.25, 0.3) is 0 Å². The van der Waals surface area contributed by atoms with Crippen LogP contribution in [-0.2, 0) is 65.4 Å². The number of esters is 4. The fourth-order valence-corrected chi connectivity index (χ4v) is 15.1. The molecule has 0 amide bonds. The van der Waals surface area contributed by atoms with Crippen LogP contribution in [0.5, 0.6) is 0 Å². The van der Waals surface area contributed by atoms with E-state index in [0.717, 1.165) is 114 Å². The largest absolute Gasteiger partial charge is 0.472 e. The summed E-state index contributed by atoms with van der Waals surface area (Å²) in [4.78, 5) is 73.1. The topological polar surface area (TPSA) is 237 Å². The highest BCUT2D eigenvalue weighted by Crippen LogP contribution is 2.45. The molecule has 0 bridgehead atoms. The number of phosphoric ester groups is 2. The zero-order chi connectivity index (χ0) is 77.9. The van der Waals surface area contributed by atoms with Crippen molar-refractivity contribution in [3.8, 4) is 0 Å². The van der Waals surface area contributed by atoms with Gasteiger partial charge in [-0.15, -0.1) is 0 Å². The van der Waals surface area contributed by atoms with Crippen LogP contribution < -0.4 is 0 Å². The molecule has 0 rings (SSSR count). The fraction of sp³-hybridized carbons (Fsp3) is 0.954. The number of unbranched alkanes of at least 4 members (excludes halogenated alkanes) is 53. The highest BCUT2D eigenvalue weighted by Gasteiger charge is 2.30. The second-order valence-corrected chi connectivity index (χ2v) is 35.6. The summed E-state index contributed by atoms with van der Waals surface area (Å²) >= 11 is 0. The molecular weight excluding hydrogens is 1380 g/mol. The first-order valence-corrected chi connectivity index (χ1v) is 47.8. The van der Waals surface area contributed by atoms with E-state index < -0.39 is 97.5 Å². The minimum absolute atomic E-state index is 0.107. The summed E-state index contributed by atoms with van der Waals surface area (Å²) in [7, 11) is -9.93. The first-order valence-electron chi connectivity index (χ1n) is 44.8. The Hall–Kier alpha value is -1.94. The van der Waals surface area contributed by atoms with Crippen molar-refractivity contribution >= 4 is 39.5 Å². The van der Waals surface area contributed by atoms with Crippen LogP contribution in [0.1, 0.15) is 459 Å². The Balaban J connectivity index is 5.18. The van der Waals surface area contributed by atoms with E-state index >= 15 is 0 Å². The first-order chi connectivity index (χ1) is 51.2. The van der Waals surface area contributed by atoms with Crippen molar-refractivity contribution in [1.82, 2.24) is 0 Å². The second-order valence-electron chi connectivity index (χ2n) is 32.7. The number of aliphatic hydroxyl groups is 1. The molecule has 0 aromatic rings. The van der Waals surface area contributed by atoms with E-state index in [1.807, 2.05) is 0 Å². The maximum absolute atomic E-state index is 13.1. The normalized spacial score (nSPS) is 13.9. The number of carbonyl (C=O) groups is 4. The van der Waals surface area contributed by atoms with E-state index in [2.05, 4.69) is 48.5 Å². The molecule has 0 aliphatic rings. The third kappa shape index (κ3) is 80.1. The zero-order valence-corrected chi connectivity index (χ0v) is 71.7. The van der Waals surface area contributed by atoms with Crippen molar-refractivity contribution in [1.29, 1.82) is 0 Å². The monoisotopic (exact) mass is 1550 g/mol. The van der Waals surface area contributed by atoms with E-state index in [1.165, 1.54) is 263 Å². The van der Waals surface area contributed by atoms with Gasteiger partial charge in [0.1, 0.15) is 19.3 Å². The van der Waals surface area contributed by atoms with Crippen molar-refractivity contribution in [3.05, 3.63) is 0 Å². The molecule has 0 spiro atoms. The second kappa shape index (κ2) is 77.0. The van der Waals surface area contributed by atoms with Gasteiger partial charge in [0.05, 0.1) is 26.4 Å². The van der Waals surface area contributed by atoms with Gasteiger partial charge in [0, 0.05) is 25.7 Å². The van der Waals surface area contributed by atoms with Gasteiger partial charge in [-0.25, -0.2) is 9.13 Å². The van der Waals surface area contributed by atoms with Gasteiger partial charge in [-0.3, -0.25) is 37.3 Å². The molecule has 0 radical (unpaired) electrons. The Morgan fingerprint density at radius 2 is 0.434 bits per heavy atom. The van der Waals surface area contributed by atoms with Crippen molar-refractivity contribution < 1.29 is 80.2 Å². The van der Waals surface area contributed by atoms with Crippen LogP contribution >= 0.6 is 15.6 Å². The lowest BCUT2D eigenvalue weighted by atomic mass is 10.0. The molecule has 17 nitrogen and oxygen atoms in total. The molecule has 0 saturated carbocycles. The van der Waals surface area contributed by atoms with Crippen LogP contribution in [0, 0.1) is 17.8 Å². The summed E-state index contributed by atoms with van der Waals surface area (Å²) in [6.07, 6.45) is 68.2. The minimum Gasteiger partial charge on any atom is -0.462 e. The number of ether oxygens (including phenoxy) is 4. The Labute approximate surface area is 651 Å². The summed E-state index contributed by atoms with van der Waals surface area (Å²) in [5.41, 5.74) is 0. The number of carbonyl (C=O) groups excluding carboxylic acids is 4. The molecular formula is C87H170O17P2. The van der Waals surface area contributed by atoms with Crippen LogP contribution in [0.15, 0.2) is 0 Å². The SMILES string of the molecule is CCCCCCCCCCC(=O)OC[C@H](COP(=O)(O)OC[C@H](O)COP(=O)(O)OC[C@@H](COC(=O)CCCCCCCCCCCCCCCCCCCCC(C)C)OC(=O)CCCCCCCCCCCCCCCCCCCCC(C)C)OC(=O)CCCCCCCCCCCCCCCC(C)C. The van der Waals surface area contributed by atoms with E-state index in [-0.39, 0.29) is 25.7 Å². The molecule has 19 heteroatoms. The van der Waals surface area contributed by atoms with E-state index in [1.54, 1.807) is 0 Å². The average molecular weight is 1550 g/mol. The van der Waals surface area contributed by atoms with Gasteiger partial charge in [0.25, 0.3) is 0 Å². The Morgan fingerprint density at radius 1 is 0.255 bits per heavy atom. The van der Waals surface area contributed by atoms with Crippen molar-refractivity contribution in [2.75, 3.05) is 39.6 Å². The number of aliphatic hydroxyl groups excluding tert-OH is 1. The molecule has 5 atom stereocenters. The highest BCUT2D eigenvalue weighted by molar-refractivity contribution is 7.47. The predicted octanol–water partition coefficient (Wildman–Crippen LogP) is 26.5. The summed E-state index contributed by atoms with van der Waals surface area (Å²) in [6.45, 7) is 12.0. The molecule has 0 aromatic heterocycles. The van der Waals surface area contributed by atoms with Crippen LogP contribution in [-0.4, -0.2) is 96.7 Å². The lowest BCUT2D eigenvalue weighted by Gasteiger charge is -2.21. The summed E-state index contributed by atoms with van der Waals surface area (Å²) in [6, 6.07) is 0. The van der Waals surface area contributed by atoms with Gasteiger partial charge in [-0.2, -0.15) is 0 Å². The maximum Gasteiger partial charge on any atom is 0.472 e.